The molecule has 2 rings (SSSR count). The Morgan fingerprint density at radius 2 is 2.22 bits per heavy atom. The van der Waals surface area contributed by atoms with Crippen LogP contribution < -0.4 is 16.0 Å². The molecule has 96 valence electrons. The van der Waals surface area contributed by atoms with Gasteiger partial charge in [0.1, 0.15) is 0 Å². The van der Waals surface area contributed by atoms with Crippen LogP contribution in [-0.4, -0.2) is 25.4 Å². The fraction of sp³-hybridized carbons (Fsp3) is 0.385. The highest BCUT2D eigenvalue weighted by atomic mass is 16.2. The Morgan fingerprint density at radius 1 is 1.44 bits per heavy atom. The van der Waals surface area contributed by atoms with Crippen molar-refractivity contribution in [3.8, 4) is 0 Å². The number of para-hydroxylation sites is 1. The zero-order valence-electron chi connectivity index (χ0n) is 10.3. The zero-order chi connectivity index (χ0) is 13.0. The van der Waals surface area contributed by atoms with E-state index in [4.69, 9.17) is 0 Å². The van der Waals surface area contributed by atoms with Crippen LogP contribution in [0.3, 0.4) is 0 Å². The fourth-order valence-electron chi connectivity index (χ4n) is 2.01. The number of hydrogen-bond acceptors (Lipinski definition) is 3. The molecule has 1 fully saturated rings. The Bertz CT molecular complexity index is 459. The number of hydrogen-bond donors (Lipinski definition) is 3. The Balaban J connectivity index is 2.04. The molecule has 5 nitrogen and oxygen atoms in total. The molecule has 18 heavy (non-hydrogen) atoms. The van der Waals surface area contributed by atoms with E-state index in [-0.39, 0.29) is 24.2 Å². The van der Waals surface area contributed by atoms with E-state index in [0.29, 0.717) is 13.1 Å². The molecule has 1 aromatic rings. The van der Waals surface area contributed by atoms with Gasteiger partial charge in [0, 0.05) is 25.2 Å². The first-order chi connectivity index (χ1) is 8.70. The molecule has 0 radical (unpaired) electrons. The predicted molar refractivity (Wildman–Crippen MR) is 69.0 cm³/mol. The quantitative estimate of drug-likeness (QED) is 0.725. The molecule has 1 heterocycles. The third-order valence-corrected chi connectivity index (χ3v) is 2.99. The van der Waals surface area contributed by atoms with Gasteiger partial charge in [-0.3, -0.25) is 9.59 Å². The van der Waals surface area contributed by atoms with E-state index >= 15 is 0 Å². The lowest BCUT2D eigenvalue weighted by atomic mass is 10.1. The number of carbonyl (C=O) groups is 2. The van der Waals surface area contributed by atoms with Crippen molar-refractivity contribution in [2.45, 2.75) is 13.0 Å². The SMILES string of the molecule is CNCc1ccccc1NC(=O)C1CNC(=O)C1. The van der Waals surface area contributed by atoms with Crippen molar-refractivity contribution in [3.63, 3.8) is 0 Å². The molecule has 1 saturated heterocycles. The summed E-state index contributed by atoms with van der Waals surface area (Å²) in [5, 5.41) is 8.61. The minimum absolute atomic E-state index is 0.0568. The molecule has 2 amide bonds. The maximum absolute atomic E-state index is 12.0. The van der Waals surface area contributed by atoms with Gasteiger partial charge in [-0.05, 0) is 18.7 Å². The molecule has 1 unspecified atom stereocenters. The van der Waals surface area contributed by atoms with Gasteiger partial charge >= 0.3 is 0 Å². The summed E-state index contributed by atoms with van der Waals surface area (Å²) < 4.78 is 0. The first-order valence-electron chi connectivity index (χ1n) is 6.00. The van der Waals surface area contributed by atoms with Crippen molar-refractivity contribution in [1.29, 1.82) is 0 Å². The van der Waals surface area contributed by atoms with Crippen LogP contribution in [0.4, 0.5) is 5.69 Å². The van der Waals surface area contributed by atoms with E-state index in [1.807, 2.05) is 31.3 Å². The van der Waals surface area contributed by atoms with E-state index in [0.717, 1.165) is 11.3 Å². The van der Waals surface area contributed by atoms with Crippen molar-refractivity contribution in [2.75, 3.05) is 18.9 Å². The molecule has 3 N–H and O–H groups in total. The summed E-state index contributed by atoms with van der Waals surface area (Å²) >= 11 is 0. The number of amides is 2. The third-order valence-electron chi connectivity index (χ3n) is 2.99. The van der Waals surface area contributed by atoms with Gasteiger partial charge in [-0.2, -0.15) is 0 Å². The van der Waals surface area contributed by atoms with Crippen LogP contribution in [0.1, 0.15) is 12.0 Å². The number of anilines is 1. The summed E-state index contributed by atoms with van der Waals surface area (Å²) in [4.78, 5) is 23.1. The van der Waals surface area contributed by atoms with Crippen LogP contribution in [0.15, 0.2) is 24.3 Å². The first kappa shape index (κ1) is 12.6. The van der Waals surface area contributed by atoms with Gasteiger partial charge in [0.2, 0.25) is 11.8 Å². The molecule has 0 aromatic heterocycles. The molecule has 1 aromatic carbocycles. The summed E-state index contributed by atoms with van der Waals surface area (Å²) in [7, 11) is 1.86. The maximum Gasteiger partial charge on any atom is 0.229 e. The number of benzene rings is 1. The molecule has 5 heteroatoms. The Hall–Kier alpha value is -1.88. The average Bonchev–Trinajstić information content (AvgIpc) is 2.79. The highest BCUT2D eigenvalue weighted by Crippen LogP contribution is 2.17. The zero-order valence-corrected chi connectivity index (χ0v) is 10.3. The Labute approximate surface area is 106 Å². The topological polar surface area (TPSA) is 70.2 Å². The number of carbonyl (C=O) groups excluding carboxylic acids is 2. The molecule has 1 aliphatic rings. The second-order valence-electron chi connectivity index (χ2n) is 4.38. The monoisotopic (exact) mass is 247 g/mol. The average molecular weight is 247 g/mol. The standard InChI is InChI=1S/C13H17N3O2/c1-14-7-9-4-2-3-5-11(9)16-13(18)10-6-12(17)15-8-10/h2-5,10,14H,6-8H2,1H3,(H,15,17)(H,16,18). The van der Waals surface area contributed by atoms with Gasteiger partial charge < -0.3 is 16.0 Å². The van der Waals surface area contributed by atoms with Crippen LogP contribution in [0.2, 0.25) is 0 Å². The molecular weight excluding hydrogens is 230 g/mol. The summed E-state index contributed by atoms with van der Waals surface area (Å²) in [5.41, 5.74) is 1.84. The minimum Gasteiger partial charge on any atom is -0.355 e. The smallest absolute Gasteiger partial charge is 0.229 e. The molecule has 0 bridgehead atoms. The lowest BCUT2D eigenvalue weighted by molar-refractivity contribution is -0.123. The molecule has 1 aliphatic heterocycles. The highest BCUT2D eigenvalue weighted by Gasteiger charge is 2.28. The van der Waals surface area contributed by atoms with Crippen molar-refractivity contribution in [1.82, 2.24) is 10.6 Å². The largest absolute Gasteiger partial charge is 0.355 e. The van der Waals surface area contributed by atoms with Gasteiger partial charge in [0.05, 0.1) is 5.92 Å². The van der Waals surface area contributed by atoms with Gasteiger partial charge in [-0.1, -0.05) is 18.2 Å². The van der Waals surface area contributed by atoms with Crippen molar-refractivity contribution >= 4 is 17.5 Å². The van der Waals surface area contributed by atoms with Crippen molar-refractivity contribution in [3.05, 3.63) is 29.8 Å². The Kier molecular flexibility index (Phi) is 3.94. The van der Waals surface area contributed by atoms with Crippen LogP contribution >= 0.6 is 0 Å². The molecule has 1 atom stereocenters. The lowest BCUT2D eigenvalue weighted by Gasteiger charge is -2.13. The van der Waals surface area contributed by atoms with Crippen LogP contribution in [0.5, 0.6) is 0 Å². The summed E-state index contributed by atoms with van der Waals surface area (Å²) in [5.74, 6) is -0.421. The van der Waals surface area contributed by atoms with Gasteiger partial charge in [0.15, 0.2) is 0 Å². The third kappa shape index (κ3) is 2.87. The predicted octanol–water partition coefficient (Wildman–Crippen LogP) is 0.481. The lowest BCUT2D eigenvalue weighted by Crippen LogP contribution is -2.25. The van der Waals surface area contributed by atoms with Gasteiger partial charge in [0.25, 0.3) is 0 Å². The Morgan fingerprint density at radius 3 is 2.89 bits per heavy atom. The van der Waals surface area contributed by atoms with Crippen LogP contribution in [0.25, 0.3) is 0 Å². The normalized spacial score (nSPS) is 18.5. The van der Waals surface area contributed by atoms with Gasteiger partial charge in [-0.25, -0.2) is 0 Å². The van der Waals surface area contributed by atoms with E-state index < -0.39 is 0 Å². The van der Waals surface area contributed by atoms with E-state index in [9.17, 15) is 9.59 Å². The minimum atomic E-state index is -0.264. The van der Waals surface area contributed by atoms with E-state index in [1.54, 1.807) is 0 Å². The molecule has 0 saturated carbocycles. The first-order valence-corrected chi connectivity index (χ1v) is 6.00. The second kappa shape index (κ2) is 5.64. The highest BCUT2D eigenvalue weighted by molar-refractivity contribution is 5.97. The van der Waals surface area contributed by atoms with E-state index in [1.165, 1.54) is 0 Å². The van der Waals surface area contributed by atoms with Crippen LogP contribution in [0, 0.1) is 5.92 Å². The summed E-state index contributed by atoms with van der Waals surface area (Å²) in [6.07, 6.45) is 0.278. The summed E-state index contributed by atoms with van der Waals surface area (Å²) in [6.45, 7) is 1.12. The van der Waals surface area contributed by atoms with Crippen molar-refractivity contribution in [2.24, 2.45) is 5.92 Å². The fourth-order valence-corrected chi connectivity index (χ4v) is 2.01. The maximum atomic E-state index is 12.0. The van der Waals surface area contributed by atoms with Crippen LogP contribution in [-0.2, 0) is 16.1 Å². The number of rotatable bonds is 4. The number of nitrogens with one attached hydrogen (secondary N) is 3. The summed E-state index contributed by atoms with van der Waals surface area (Å²) in [6, 6.07) is 7.65. The van der Waals surface area contributed by atoms with Crippen molar-refractivity contribution < 1.29 is 9.59 Å². The molecule has 0 aliphatic carbocycles. The second-order valence-corrected chi connectivity index (χ2v) is 4.38. The molecule has 0 spiro atoms. The molecular formula is C13H17N3O2. The van der Waals surface area contributed by atoms with E-state index in [2.05, 4.69) is 16.0 Å². The van der Waals surface area contributed by atoms with Gasteiger partial charge in [-0.15, -0.1) is 0 Å².